The Morgan fingerprint density at radius 1 is 1.36 bits per heavy atom. The molecule has 1 aromatic rings. The number of benzene rings is 1. The van der Waals surface area contributed by atoms with Crippen LogP contribution in [0.25, 0.3) is 0 Å². The van der Waals surface area contributed by atoms with Gasteiger partial charge in [-0.15, -0.1) is 12.4 Å². The fraction of sp³-hybridized carbons (Fsp3) is 0.632. The first-order chi connectivity index (χ1) is 13.1. The second-order valence-corrected chi connectivity index (χ2v) is 7.14. The Balaban J connectivity index is 0.00000280. The topological polar surface area (TPSA) is 65.6 Å². The highest BCUT2D eigenvalue weighted by Crippen LogP contribution is 2.30. The molecule has 0 saturated carbocycles. The first kappa shape index (κ1) is 22.8. The highest BCUT2D eigenvalue weighted by molar-refractivity contribution is 5.85. The van der Waals surface area contributed by atoms with Crippen LogP contribution < -0.4 is 20.9 Å². The summed E-state index contributed by atoms with van der Waals surface area (Å²) in [6.07, 6.45) is 2.02. The van der Waals surface area contributed by atoms with Crippen molar-refractivity contribution in [2.75, 3.05) is 32.7 Å². The number of hydrogen-bond donors (Lipinski definition) is 3. The van der Waals surface area contributed by atoms with Crippen LogP contribution in [-0.2, 0) is 4.79 Å². The summed E-state index contributed by atoms with van der Waals surface area (Å²) in [5, 5.41) is 3.38. The van der Waals surface area contributed by atoms with Gasteiger partial charge in [-0.1, -0.05) is 19.1 Å². The quantitative estimate of drug-likeness (QED) is 0.634. The zero-order chi connectivity index (χ0) is 19.2. The lowest BCUT2D eigenvalue weighted by Gasteiger charge is -2.34. The molecule has 0 spiro atoms. The number of rotatable bonds is 7. The molecule has 1 amide bonds. The maximum Gasteiger partial charge on any atom is 0.387 e. The van der Waals surface area contributed by atoms with E-state index in [1.807, 2.05) is 11.0 Å². The van der Waals surface area contributed by atoms with Crippen LogP contribution in [0, 0.1) is 11.8 Å². The van der Waals surface area contributed by atoms with E-state index in [4.69, 9.17) is 0 Å². The Labute approximate surface area is 170 Å². The summed E-state index contributed by atoms with van der Waals surface area (Å²) in [7, 11) is 0. The fourth-order valence-corrected chi connectivity index (χ4v) is 3.87. The molecular weight excluding hydrogens is 390 g/mol. The summed E-state index contributed by atoms with van der Waals surface area (Å²) in [6, 6.07) is 6.29. The van der Waals surface area contributed by atoms with Crippen molar-refractivity contribution in [3.05, 3.63) is 29.8 Å². The van der Waals surface area contributed by atoms with Gasteiger partial charge < -0.3 is 15.0 Å². The number of amides is 1. The number of likely N-dealkylation sites (tertiary alicyclic amines) is 1. The number of nitrogens with one attached hydrogen (secondary N) is 3. The summed E-state index contributed by atoms with van der Waals surface area (Å²) >= 11 is 0. The average Bonchev–Trinajstić information content (AvgIpc) is 3.16. The van der Waals surface area contributed by atoms with Gasteiger partial charge in [0.1, 0.15) is 5.75 Å². The number of hydrazine groups is 1. The van der Waals surface area contributed by atoms with E-state index in [0.717, 1.165) is 44.6 Å². The lowest BCUT2D eigenvalue weighted by molar-refractivity contribution is -0.136. The fourth-order valence-electron chi connectivity index (χ4n) is 3.87. The van der Waals surface area contributed by atoms with Gasteiger partial charge >= 0.3 is 6.61 Å². The maximum absolute atomic E-state index is 13.0. The van der Waals surface area contributed by atoms with Crippen molar-refractivity contribution in [3.8, 4) is 5.75 Å². The number of nitrogens with zero attached hydrogens (tertiary/aromatic N) is 1. The maximum atomic E-state index is 13.0. The zero-order valence-electron chi connectivity index (χ0n) is 16.0. The van der Waals surface area contributed by atoms with E-state index in [1.165, 1.54) is 6.07 Å². The molecule has 158 valence electrons. The molecule has 2 saturated heterocycles. The standard InChI is InChI=1S/C19H28F2N4O2.ClH/c1-2-22-11-13-6-8-25(9-7-13)18(26)16-12-23-24-17(16)14-4-3-5-15(10-14)27-19(20)21;/h3-5,10,13,16-17,19,22-24H,2,6-9,11-12H2,1H3;1H. The van der Waals surface area contributed by atoms with E-state index >= 15 is 0 Å². The predicted molar refractivity (Wildman–Crippen MR) is 106 cm³/mol. The van der Waals surface area contributed by atoms with Crippen molar-refractivity contribution in [1.82, 2.24) is 21.1 Å². The van der Waals surface area contributed by atoms with E-state index in [1.54, 1.807) is 12.1 Å². The van der Waals surface area contributed by atoms with Crippen LogP contribution in [0.1, 0.15) is 31.4 Å². The first-order valence-corrected chi connectivity index (χ1v) is 9.61. The van der Waals surface area contributed by atoms with Crippen molar-refractivity contribution < 1.29 is 18.3 Å². The molecule has 28 heavy (non-hydrogen) atoms. The minimum absolute atomic E-state index is 0. The largest absolute Gasteiger partial charge is 0.435 e. The number of hydrogen-bond acceptors (Lipinski definition) is 5. The van der Waals surface area contributed by atoms with E-state index in [2.05, 4.69) is 27.8 Å². The van der Waals surface area contributed by atoms with Crippen molar-refractivity contribution in [3.63, 3.8) is 0 Å². The molecule has 0 radical (unpaired) electrons. The van der Waals surface area contributed by atoms with Gasteiger partial charge in [0, 0.05) is 19.6 Å². The van der Waals surface area contributed by atoms with Gasteiger partial charge in [0.25, 0.3) is 0 Å². The van der Waals surface area contributed by atoms with Crippen molar-refractivity contribution in [2.45, 2.75) is 32.4 Å². The Hall–Kier alpha value is -1.48. The third kappa shape index (κ3) is 5.76. The van der Waals surface area contributed by atoms with Crippen LogP contribution in [0.5, 0.6) is 5.75 Å². The lowest BCUT2D eigenvalue weighted by atomic mass is 9.91. The minimum Gasteiger partial charge on any atom is -0.435 e. The normalized spacial score (nSPS) is 22.9. The lowest BCUT2D eigenvalue weighted by Crippen LogP contribution is -2.45. The van der Waals surface area contributed by atoms with Gasteiger partial charge in [0.2, 0.25) is 5.91 Å². The molecule has 2 unspecified atom stereocenters. The number of carbonyl (C=O) groups excluding carboxylic acids is 1. The predicted octanol–water partition coefficient (Wildman–Crippen LogP) is 2.32. The molecular formula is C19H29ClF2N4O2. The molecule has 2 aliphatic rings. The Bertz CT molecular complexity index is 630. The highest BCUT2D eigenvalue weighted by Gasteiger charge is 2.37. The number of carbonyl (C=O) groups is 1. The van der Waals surface area contributed by atoms with E-state index in [9.17, 15) is 13.6 Å². The number of halogens is 3. The molecule has 3 N–H and O–H groups in total. The molecule has 6 nitrogen and oxygen atoms in total. The molecule has 2 aliphatic heterocycles. The molecule has 1 aromatic carbocycles. The Morgan fingerprint density at radius 3 is 2.79 bits per heavy atom. The van der Waals surface area contributed by atoms with Gasteiger partial charge in [-0.3, -0.25) is 10.2 Å². The molecule has 0 bridgehead atoms. The molecule has 9 heteroatoms. The van der Waals surface area contributed by atoms with Crippen LogP contribution in [0.15, 0.2) is 24.3 Å². The van der Waals surface area contributed by atoms with Crippen LogP contribution in [0.2, 0.25) is 0 Å². The zero-order valence-corrected chi connectivity index (χ0v) is 16.8. The second kappa shape index (κ2) is 10.9. The smallest absolute Gasteiger partial charge is 0.387 e. The van der Waals surface area contributed by atoms with Crippen LogP contribution in [0.4, 0.5) is 8.78 Å². The summed E-state index contributed by atoms with van der Waals surface area (Å²) in [5.74, 6) is 0.566. The molecule has 0 aliphatic carbocycles. The summed E-state index contributed by atoms with van der Waals surface area (Å²) < 4.78 is 29.4. The number of alkyl halides is 2. The van der Waals surface area contributed by atoms with E-state index in [0.29, 0.717) is 12.5 Å². The molecule has 2 fully saturated rings. The number of ether oxygens (including phenoxy) is 1. The van der Waals surface area contributed by atoms with Gasteiger partial charge in [0.05, 0.1) is 12.0 Å². The summed E-state index contributed by atoms with van der Waals surface area (Å²) in [4.78, 5) is 15.0. The summed E-state index contributed by atoms with van der Waals surface area (Å²) in [5.41, 5.74) is 6.91. The van der Waals surface area contributed by atoms with Gasteiger partial charge in [-0.05, 0) is 49.5 Å². The molecule has 2 heterocycles. The first-order valence-electron chi connectivity index (χ1n) is 9.61. The van der Waals surface area contributed by atoms with Crippen LogP contribution in [-0.4, -0.2) is 50.1 Å². The third-order valence-electron chi connectivity index (χ3n) is 5.35. The molecule has 2 atom stereocenters. The van der Waals surface area contributed by atoms with Crippen molar-refractivity contribution in [1.29, 1.82) is 0 Å². The van der Waals surface area contributed by atoms with E-state index in [-0.39, 0.29) is 36.0 Å². The summed E-state index contributed by atoms with van der Waals surface area (Å²) in [6.45, 7) is 3.26. The van der Waals surface area contributed by atoms with E-state index < -0.39 is 6.61 Å². The average molecular weight is 419 g/mol. The minimum atomic E-state index is -2.86. The third-order valence-corrected chi connectivity index (χ3v) is 5.35. The molecule has 3 rings (SSSR count). The monoisotopic (exact) mass is 418 g/mol. The number of piperidine rings is 1. The van der Waals surface area contributed by atoms with Gasteiger partial charge in [-0.25, -0.2) is 5.43 Å². The molecule has 0 aromatic heterocycles. The second-order valence-electron chi connectivity index (χ2n) is 7.14. The van der Waals surface area contributed by atoms with Crippen molar-refractivity contribution in [2.24, 2.45) is 11.8 Å². The van der Waals surface area contributed by atoms with Crippen LogP contribution >= 0.6 is 12.4 Å². The Morgan fingerprint density at radius 2 is 2.11 bits per heavy atom. The Kier molecular flexibility index (Phi) is 8.88. The van der Waals surface area contributed by atoms with Gasteiger partial charge in [-0.2, -0.15) is 8.78 Å². The van der Waals surface area contributed by atoms with Gasteiger partial charge in [0.15, 0.2) is 0 Å². The van der Waals surface area contributed by atoms with Crippen molar-refractivity contribution >= 4 is 18.3 Å². The SMILES string of the molecule is CCNCC1CCN(C(=O)C2CNNC2c2cccc(OC(F)F)c2)CC1.Cl. The van der Waals surface area contributed by atoms with Crippen LogP contribution in [0.3, 0.4) is 0 Å². The highest BCUT2D eigenvalue weighted by atomic mass is 35.5.